The van der Waals surface area contributed by atoms with Crippen LogP contribution >= 0.6 is 0 Å². The van der Waals surface area contributed by atoms with Gasteiger partial charge in [-0.25, -0.2) is 4.68 Å². The number of nitrogens with zero attached hydrogens (tertiary/aromatic N) is 4. The van der Waals surface area contributed by atoms with Gasteiger partial charge in [0.2, 0.25) is 0 Å². The van der Waals surface area contributed by atoms with Crippen LogP contribution in [0.5, 0.6) is 0 Å². The van der Waals surface area contributed by atoms with Crippen LogP contribution in [-0.4, -0.2) is 33.1 Å². The molecule has 0 atom stereocenters. The van der Waals surface area contributed by atoms with Gasteiger partial charge in [0.1, 0.15) is 5.82 Å². The summed E-state index contributed by atoms with van der Waals surface area (Å²) in [6.45, 7) is 3.19. The first-order chi connectivity index (χ1) is 7.79. The van der Waals surface area contributed by atoms with Crippen LogP contribution in [0, 0.1) is 6.92 Å². The Balaban J connectivity index is 2.13. The molecule has 0 aromatic carbocycles. The van der Waals surface area contributed by atoms with Crippen LogP contribution in [-0.2, 0) is 0 Å². The van der Waals surface area contributed by atoms with E-state index in [0.717, 1.165) is 11.5 Å². The van der Waals surface area contributed by atoms with E-state index in [-0.39, 0.29) is 0 Å². The topological polar surface area (TPSA) is 81.7 Å². The molecular weight excluding hydrogens is 204 g/mol. The minimum absolute atomic E-state index is 0.571. The molecule has 0 saturated carbocycles. The monoisotopic (exact) mass is 218 g/mol. The van der Waals surface area contributed by atoms with Crippen LogP contribution in [0.25, 0.3) is 5.82 Å². The third kappa shape index (κ3) is 2.34. The summed E-state index contributed by atoms with van der Waals surface area (Å²) in [5.41, 5.74) is 6.33. The molecule has 0 aliphatic carbocycles. The van der Waals surface area contributed by atoms with Crippen molar-refractivity contribution in [1.29, 1.82) is 0 Å². The van der Waals surface area contributed by atoms with Crippen molar-refractivity contribution in [3.05, 3.63) is 30.1 Å². The van der Waals surface area contributed by atoms with Crippen molar-refractivity contribution in [2.75, 3.05) is 18.4 Å². The minimum Gasteiger partial charge on any atom is -0.367 e. The van der Waals surface area contributed by atoms with Gasteiger partial charge < -0.3 is 11.1 Å². The highest BCUT2D eigenvalue weighted by molar-refractivity contribution is 5.36. The van der Waals surface area contributed by atoms with Gasteiger partial charge in [-0.05, 0) is 25.1 Å². The molecule has 0 aliphatic heterocycles. The summed E-state index contributed by atoms with van der Waals surface area (Å²) in [7, 11) is 0. The fourth-order valence-electron chi connectivity index (χ4n) is 1.28. The molecule has 0 saturated heterocycles. The second kappa shape index (κ2) is 4.71. The molecule has 2 heterocycles. The van der Waals surface area contributed by atoms with Crippen molar-refractivity contribution in [3.8, 4) is 5.82 Å². The molecule has 0 aliphatic rings. The SMILES string of the molecule is Cc1ccn(-c2ccc(NCCN)nn2)n1. The normalized spacial score (nSPS) is 10.4. The van der Waals surface area contributed by atoms with Gasteiger partial charge in [0, 0.05) is 19.3 Å². The Morgan fingerprint density at radius 2 is 2.19 bits per heavy atom. The zero-order valence-corrected chi connectivity index (χ0v) is 9.09. The average molecular weight is 218 g/mol. The molecule has 6 heteroatoms. The predicted molar refractivity (Wildman–Crippen MR) is 61.4 cm³/mol. The second-order valence-electron chi connectivity index (χ2n) is 3.39. The van der Waals surface area contributed by atoms with E-state index in [1.165, 1.54) is 0 Å². The van der Waals surface area contributed by atoms with E-state index in [1.54, 1.807) is 4.68 Å². The zero-order valence-electron chi connectivity index (χ0n) is 9.09. The summed E-state index contributed by atoms with van der Waals surface area (Å²) >= 11 is 0. The predicted octanol–water partition coefficient (Wildman–Crippen LogP) is 0.341. The Morgan fingerprint density at radius 1 is 1.31 bits per heavy atom. The Labute approximate surface area is 93.5 Å². The number of rotatable bonds is 4. The van der Waals surface area contributed by atoms with E-state index in [2.05, 4.69) is 20.6 Å². The number of nitrogens with two attached hydrogens (primary N) is 1. The van der Waals surface area contributed by atoms with E-state index >= 15 is 0 Å². The van der Waals surface area contributed by atoms with E-state index in [9.17, 15) is 0 Å². The van der Waals surface area contributed by atoms with E-state index in [0.29, 0.717) is 18.9 Å². The van der Waals surface area contributed by atoms with Crippen LogP contribution in [0.4, 0.5) is 5.82 Å². The molecule has 2 aromatic rings. The number of hydrogen-bond donors (Lipinski definition) is 2. The quantitative estimate of drug-likeness (QED) is 0.773. The Morgan fingerprint density at radius 3 is 2.75 bits per heavy atom. The summed E-state index contributed by atoms with van der Waals surface area (Å²) in [5, 5.41) is 15.4. The fourth-order valence-corrected chi connectivity index (χ4v) is 1.28. The van der Waals surface area contributed by atoms with Crippen molar-refractivity contribution in [1.82, 2.24) is 20.0 Å². The highest BCUT2D eigenvalue weighted by Crippen LogP contribution is 2.06. The molecule has 0 spiro atoms. The van der Waals surface area contributed by atoms with Crippen molar-refractivity contribution in [2.45, 2.75) is 6.92 Å². The van der Waals surface area contributed by atoms with Crippen molar-refractivity contribution >= 4 is 5.82 Å². The van der Waals surface area contributed by atoms with Gasteiger partial charge in [-0.15, -0.1) is 10.2 Å². The molecule has 0 fully saturated rings. The number of anilines is 1. The van der Waals surface area contributed by atoms with Gasteiger partial charge in [-0.3, -0.25) is 0 Å². The van der Waals surface area contributed by atoms with E-state index in [1.807, 2.05) is 31.3 Å². The van der Waals surface area contributed by atoms with Gasteiger partial charge >= 0.3 is 0 Å². The van der Waals surface area contributed by atoms with Crippen molar-refractivity contribution < 1.29 is 0 Å². The fraction of sp³-hybridized carbons (Fsp3) is 0.300. The van der Waals surface area contributed by atoms with E-state index < -0.39 is 0 Å². The first-order valence-corrected chi connectivity index (χ1v) is 5.10. The standard InChI is InChI=1S/C10H14N6/c1-8-4-7-16(15-8)10-3-2-9(13-14-10)12-6-5-11/h2-4,7H,5-6,11H2,1H3,(H,12,13). The summed E-state index contributed by atoms with van der Waals surface area (Å²) in [4.78, 5) is 0. The lowest BCUT2D eigenvalue weighted by atomic mass is 10.5. The zero-order chi connectivity index (χ0) is 11.4. The molecule has 6 nitrogen and oxygen atoms in total. The molecule has 16 heavy (non-hydrogen) atoms. The number of aryl methyl sites for hydroxylation is 1. The largest absolute Gasteiger partial charge is 0.367 e. The Bertz CT molecular complexity index is 447. The van der Waals surface area contributed by atoms with Crippen molar-refractivity contribution in [2.24, 2.45) is 5.73 Å². The van der Waals surface area contributed by atoms with Crippen LogP contribution in [0.1, 0.15) is 5.69 Å². The molecule has 3 N–H and O–H groups in total. The molecule has 0 radical (unpaired) electrons. The highest BCUT2D eigenvalue weighted by atomic mass is 15.3. The summed E-state index contributed by atoms with van der Waals surface area (Å²) in [5.74, 6) is 1.42. The molecule has 2 aromatic heterocycles. The van der Waals surface area contributed by atoms with Crippen molar-refractivity contribution in [3.63, 3.8) is 0 Å². The lowest BCUT2D eigenvalue weighted by Gasteiger charge is -2.03. The van der Waals surface area contributed by atoms with Gasteiger partial charge in [0.25, 0.3) is 0 Å². The first-order valence-electron chi connectivity index (χ1n) is 5.10. The third-order valence-electron chi connectivity index (χ3n) is 2.06. The molecule has 0 bridgehead atoms. The van der Waals surface area contributed by atoms with Crippen LogP contribution in [0.2, 0.25) is 0 Å². The van der Waals surface area contributed by atoms with Gasteiger partial charge in [-0.1, -0.05) is 0 Å². The smallest absolute Gasteiger partial charge is 0.175 e. The van der Waals surface area contributed by atoms with Gasteiger partial charge in [-0.2, -0.15) is 5.10 Å². The number of nitrogens with one attached hydrogen (secondary N) is 1. The lowest BCUT2D eigenvalue weighted by Crippen LogP contribution is -2.14. The van der Waals surface area contributed by atoms with Gasteiger partial charge in [0.05, 0.1) is 5.69 Å². The lowest BCUT2D eigenvalue weighted by molar-refractivity contribution is 0.803. The number of hydrogen-bond acceptors (Lipinski definition) is 5. The molecule has 0 unspecified atom stereocenters. The highest BCUT2D eigenvalue weighted by Gasteiger charge is 2.00. The summed E-state index contributed by atoms with van der Waals surface area (Å²) in [6, 6.07) is 5.63. The second-order valence-corrected chi connectivity index (χ2v) is 3.39. The molecular formula is C10H14N6. The first kappa shape index (κ1) is 10.6. The summed E-state index contributed by atoms with van der Waals surface area (Å²) < 4.78 is 1.69. The minimum atomic E-state index is 0.571. The third-order valence-corrected chi connectivity index (χ3v) is 2.06. The van der Waals surface area contributed by atoms with Gasteiger partial charge in [0.15, 0.2) is 5.82 Å². The average Bonchev–Trinajstić information content (AvgIpc) is 2.74. The maximum Gasteiger partial charge on any atom is 0.175 e. The van der Waals surface area contributed by atoms with E-state index in [4.69, 9.17) is 5.73 Å². The maximum absolute atomic E-state index is 5.38. The van der Waals surface area contributed by atoms with Crippen LogP contribution < -0.4 is 11.1 Å². The maximum atomic E-state index is 5.38. The Hall–Kier alpha value is -1.95. The Kier molecular flexibility index (Phi) is 3.11. The van der Waals surface area contributed by atoms with Crippen LogP contribution in [0.3, 0.4) is 0 Å². The molecule has 0 amide bonds. The molecule has 84 valence electrons. The number of aromatic nitrogens is 4. The van der Waals surface area contributed by atoms with Crippen LogP contribution in [0.15, 0.2) is 24.4 Å². The summed E-state index contributed by atoms with van der Waals surface area (Å²) in [6.07, 6.45) is 1.85. The molecule has 2 rings (SSSR count).